The lowest BCUT2D eigenvalue weighted by molar-refractivity contribution is -0.133. The highest BCUT2D eigenvalue weighted by Gasteiger charge is 2.45. The summed E-state index contributed by atoms with van der Waals surface area (Å²) in [6, 6.07) is 3.15. The Labute approximate surface area is 211 Å². The summed E-state index contributed by atoms with van der Waals surface area (Å²) in [5.41, 5.74) is 2.01. The topological polar surface area (TPSA) is 35.5 Å². The van der Waals surface area contributed by atoms with Gasteiger partial charge in [-0.2, -0.15) is 0 Å². The van der Waals surface area contributed by atoms with E-state index in [1.54, 1.807) is 0 Å². The van der Waals surface area contributed by atoms with E-state index in [-0.39, 0.29) is 5.41 Å². The molecule has 0 spiro atoms. The minimum Gasteiger partial charge on any atom is -0.459 e. The first-order valence-corrected chi connectivity index (χ1v) is 15.8. The first-order valence-electron chi connectivity index (χ1n) is 13.2. The van der Waals surface area contributed by atoms with E-state index >= 15 is 0 Å². The third-order valence-electron chi connectivity index (χ3n) is 8.17. The highest BCUT2D eigenvalue weighted by molar-refractivity contribution is 6.73. The fourth-order valence-electron chi connectivity index (χ4n) is 5.65. The molecule has 1 unspecified atom stereocenters. The van der Waals surface area contributed by atoms with Crippen molar-refractivity contribution in [2.45, 2.75) is 111 Å². The zero-order chi connectivity index (χ0) is 26.0. The van der Waals surface area contributed by atoms with Gasteiger partial charge in [0.2, 0.25) is 0 Å². The molecule has 3 atom stereocenters. The maximum Gasteiger partial charge on any atom is 0.384 e. The maximum atomic E-state index is 12.1. The molecule has 1 aliphatic rings. The molecule has 0 aliphatic heterocycles. The molecule has 34 heavy (non-hydrogen) atoms. The van der Waals surface area contributed by atoms with E-state index in [1.165, 1.54) is 18.3 Å². The Morgan fingerprint density at radius 3 is 2.35 bits per heavy atom. The Bertz CT molecular complexity index is 796. The Morgan fingerprint density at radius 1 is 1.26 bits per heavy atom. The second-order valence-corrected chi connectivity index (χ2v) is 15.5. The summed E-state index contributed by atoms with van der Waals surface area (Å²) < 4.78 is 12.1. The predicted octanol–water partition coefficient (Wildman–Crippen LogP) is 8.24. The normalized spacial score (nSPS) is 21.8. The summed E-state index contributed by atoms with van der Waals surface area (Å²) in [5.74, 6) is 6.78. The van der Waals surface area contributed by atoms with E-state index in [4.69, 9.17) is 9.16 Å². The Morgan fingerprint density at radius 2 is 1.88 bits per heavy atom. The number of hydrogen-bond donors (Lipinski definition) is 0. The molecule has 0 radical (unpaired) electrons. The number of allylic oxidation sites excluding steroid dienone is 5. The zero-order valence-corrected chi connectivity index (χ0v) is 24.5. The van der Waals surface area contributed by atoms with Crippen molar-refractivity contribution in [2.75, 3.05) is 7.11 Å². The lowest BCUT2D eigenvalue weighted by atomic mass is 9.66. The summed E-state index contributed by atoms with van der Waals surface area (Å²) in [6.45, 7) is 22.2. The number of esters is 1. The Balaban J connectivity index is 3.52. The van der Waals surface area contributed by atoms with Crippen molar-refractivity contribution in [3.63, 3.8) is 0 Å². The number of hydrogen-bond acceptors (Lipinski definition) is 3. The van der Waals surface area contributed by atoms with Gasteiger partial charge in [0, 0.05) is 5.92 Å². The number of methoxy groups -OCH3 is 1. The molecule has 4 heteroatoms. The first-order chi connectivity index (χ1) is 16.0. The first kappa shape index (κ1) is 30.5. The largest absolute Gasteiger partial charge is 0.459 e. The van der Waals surface area contributed by atoms with Gasteiger partial charge in [-0.05, 0) is 86.9 Å². The molecule has 1 aliphatic carbocycles. The van der Waals surface area contributed by atoms with Gasteiger partial charge in [0.15, 0.2) is 8.32 Å². The fourth-order valence-corrected chi connectivity index (χ4v) is 8.66. The lowest BCUT2D eigenvalue weighted by Crippen LogP contribution is -2.47. The average molecular weight is 487 g/mol. The molecule has 0 fully saturated rings. The van der Waals surface area contributed by atoms with Crippen molar-refractivity contribution < 1.29 is 14.0 Å². The second-order valence-electron chi connectivity index (χ2n) is 10.8. The van der Waals surface area contributed by atoms with Gasteiger partial charge >= 0.3 is 5.97 Å². The van der Waals surface area contributed by atoms with Crippen LogP contribution in [0.4, 0.5) is 0 Å². The van der Waals surface area contributed by atoms with Crippen LogP contribution in [0.15, 0.2) is 36.0 Å². The Hall–Kier alpha value is -1.57. The molecule has 0 bridgehead atoms. The van der Waals surface area contributed by atoms with Crippen LogP contribution in [0.2, 0.25) is 18.1 Å². The molecule has 192 valence electrons. The van der Waals surface area contributed by atoms with Gasteiger partial charge in [0.05, 0.1) is 7.11 Å². The van der Waals surface area contributed by atoms with Crippen molar-refractivity contribution in [1.82, 2.24) is 0 Å². The molecule has 1 rings (SSSR count). The van der Waals surface area contributed by atoms with Crippen LogP contribution in [0.25, 0.3) is 0 Å². The lowest BCUT2D eigenvalue weighted by Gasteiger charge is -2.43. The molecule has 0 aromatic heterocycles. The molecular formula is C30H50O3Si. The van der Waals surface area contributed by atoms with Crippen LogP contribution >= 0.6 is 0 Å². The molecule has 0 aromatic rings. The van der Waals surface area contributed by atoms with Crippen molar-refractivity contribution >= 4 is 14.3 Å². The number of carbonyl (C=O) groups excluding carboxylic acids is 1. The fraction of sp³-hybridized carbons (Fsp3) is 0.700. The quantitative estimate of drug-likeness (QED) is 0.0864. The molecule has 3 nitrogen and oxygen atoms in total. The van der Waals surface area contributed by atoms with Gasteiger partial charge in [0.1, 0.15) is 5.60 Å². The van der Waals surface area contributed by atoms with Crippen molar-refractivity contribution in [2.24, 2.45) is 17.3 Å². The van der Waals surface area contributed by atoms with Crippen LogP contribution in [0.5, 0.6) is 0 Å². The van der Waals surface area contributed by atoms with Crippen molar-refractivity contribution in [1.29, 1.82) is 0 Å². The average Bonchev–Trinajstić information content (AvgIpc) is 3.16. The highest BCUT2D eigenvalue weighted by Crippen LogP contribution is 2.52. The SMILES string of the molecule is C=CC1=CC[C@H](C(C)C)[C@@]1(C)CCC(C#CC(=O)OC)(CCC=C(C)C)O[Si](CC)(CC)CC. The highest BCUT2D eigenvalue weighted by atomic mass is 28.4. The predicted molar refractivity (Wildman–Crippen MR) is 148 cm³/mol. The van der Waals surface area contributed by atoms with Crippen LogP contribution in [0.3, 0.4) is 0 Å². The number of carbonyl (C=O) groups is 1. The smallest absolute Gasteiger partial charge is 0.384 e. The van der Waals surface area contributed by atoms with Gasteiger partial charge in [-0.1, -0.05) is 77.8 Å². The monoisotopic (exact) mass is 486 g/mol. The maximum absolute atomic E-state index is 12.1. The molecule has 0 aromatic carbocycles. The second kappa shape index (κ2) is 13.5. The van der Waals surface area contributed by atoms with Crippen LogP contribution in [-0.2, 0) is 14.0 Å². The summed E-state index contributed by atoms with van der Waals surface area (Å²) in [4.78, 5) is 12.1. The van der Waals surface area contributed by atoms with E-state index in [2.05, 4.69) is 86.0 Å². The third-order valence-corrected chi connectivity index (χ3v) is 12.9. The van der Waals surface area contributed by atoms with Gasteiger partial charge < -0.3 is 9.16 Å². The van der Waals surface area contributed by atoms with E-state index in [0.29, 0.717) is 11.8 Å². The van der Waals surface area contributed by atoms with Crippen LogP contribution < -0.4 is 0 Å². The Kier molecular flexibility index (Phi) is 12.1. The van der Waals surface area contributed by atoms with E-state index in [0.717, 1.165) is 50.2 Å². The molecule has 0 N–H and O–H groups in total. The molecular weight excluding hydrogens is 436 g/mol. The van der Waals surface area contributed by atoms with Crippen LogP contribution in [-0.4, -0.2) is 27.0 Å². The standard InChI is InChI=1S/C30H50O3Si/c1-11-26-17-18-27(25(7)8)29(26,9)22-23-30(20-15-16-24(5)6,21-19-28(31)32-10)33-34(12-2,13-3)14-4/h11,16-17,25,27H,1,12-15,18,20,22-23H2,2-10H3/t27-,29+,30?/m1/s1. The summed E-state index contributed by atoms with van der Waals surface area (Å²) >= 11 is 0. The van der Waals surface area contributed by atoms with E-state index < -0.39 is 19.9 Å². The molecule has 0 saturated carbocycles. The van der Waals surface area contributed by atoms with E-state index in [1.807, 2.05) is 6.08 Å². The minimum atomic E-state index is -1.99. The van der Waals surface area contributed by atoms with Crippen molar-refractivity contribution in [3.8, 4) is 11.8 Å². The van der Waals surface area contributed by atoms with E-state index in [9.17, 15) is 4.79 Å². The van der Waals surface area contributed by atoms with Gasteiger partial charge in [-0.15, -0.1) is 0 Å². The van der Waals surface area contributed by atoms with Crippen LogP contribution in [0, 0.1) is 29.1 Å². The van der Waals surface area contributed by atoms with Gasteiger partial charge in [-0.25, -0.2) is 4.79 Å². The summed E-state index contributed by atoms with van der Waals surface area (Å²) in [7, 11) is -0.599. The summed E-state index contributed by atoms with van der Waals surface area (Å²) in [6.07, 6.45) is 11.2. The molecule has 0 saturated heterocycles. The minimum absolute atomic E-state index is 0.0306. The van der Waals surface area contributed by atoms with Crippen LogP contribution in [0.1, 0.15) is 87.5 Å². The molecule has 0 heterocycles. The zero-order valence-electron chi connectivity index (χ0n) is 23.5. The third kappa shape index (κ3) is 7.72. The number of rotatable bonds is 13. The summed E-state index contributed by atoms with van der Waals surface area (Å²) in [5, 5.41) is 0. The van der Waals surface area contributed by atoms with Crippen molar-refractivity contribution in [3.05, 3.63) is 36.0 Å². The van der Waals surface area contributed by atoms with Gasteiger partial charge in [0.25, 0.3) is 0 Å². The number of ether oxygens (including phenoxy) is 1. The van der Waals surface area contributed by atoms with Gasteiger partial charge in [-0.3, -0.25) is 0 Å². The molecule has 0 amide bonds.